The van der Waals surface area contributed by atoms with Gasteiger partial charge >= 0.3 is 0 Å². The van der Waals surface area contributed by atoms with Crippen molar-refractivity contribution < 1.29 is 17.9 Å². The van der Waals surface area contributed by atoms with Gasteiger partial charge in [0.25, 0.3) is 0 Å². The topological polar surface area (TPSA) is 75.7 Å². The Kier molecular flexibility index (Phi) is 6.01. The molecule has 0 aromatic carbocycles. The smallest absolute Gasteiger partial charge is 0.236 e. The van der Waals surface area contributed by atoms with E-state index in [0.717, 1.165) is 25.9 Å². The van der Waals surface area contributed by atoms with E-state index in [1.807, 2.05) is 6.92 Å². The molecule has 2 saturated heterocycles. The summed E-state index contributed by atoms with van der Waals surface area (Å²) in [6.07, 6.45) is 3.75. The fourth-order valence-corrected chi connectivity index (χ4v) is 4.75. The molecule has 122 valence electrons. The van der Waals surface area contributed by atoms with Crippen molar-refractivity contribution in [2.75, 3.05) is 37.7 Å². The second-order valence-corrected chi connectivity index (χ2v) is 8.14. The van der Waals surface area contributed by atoms with E-state index in [1.54, 1.807) is 4.90 Å². The minimum atomic E-state index is -2.96. The van der Waals surface area contributed by atoms with Crippen molar-refractivity contribution in [3.05, 3.63) is 0 Å². The maximum absolute atomic E-state index is 12.3. The number of carbonyl (C=O) groups excluding carboxylic acids is 1. The zero-order valence-electron chi connectivity index (χ0n) is 12.7. The molecule has 0 bridgehead atoms. The van der Waals surface area contributed by atoms with E-state index in [-0.39, 0.29) is 36.1 Å². The molecule has 0 aromatic rings. The lowest BCUT2D eigenvalue weighted by Gasteiger charge is -2.28. The molecule has 21 heavy (non-hydrogen) atoms. The fourth-order valence-electron chi connectivity index (χ4n) is 3.02. The van der Waals surface area contributed by atoms with Crippen molar-refractivity contribution in [3.63, 3.8) is 0 Å². The first-order chi connectivity index (χ1) is 10.0. The molecule has 1 N–H and O–H groups in total. The van der Waals surface area contributed by atoms with Gasteiger partial charge in [-0.1, -0.05) is 6.92 Å². The number of nitrogens with one attached hydrogen (secondary N) is 1. The summed E-state index contributed by atoms with van der Waals surface area (Å²) in [5.41, 5.74) is 0. The third-order valence-electron chi connectivity index (χ3n) is 4.11. The molecule has 2 aliphatic heterocycles. The minimum Gasteiger partial charge on any atom is -0.377 e. The minimum absolute atomic E-state index is 0.00283. The predicted octanol–water partition coefficient (Wildman–Crippen LogP) is 0.181. The second kappa shape index (κ2) is 7.56. The Morgan fingerprint density at radius 2 is 2.19 bits per heavy atom. The van der Waals surface area contributed by atoms with Crippen molar-refractivity contribution in [3.8, 4) is 0 Å². The van der Waals surface area contributed by atoms with Gasteiger partial charge in [-0.25, -0.2) is 8.42 Å². The van der Waals surface area contributed by atoms with Crippen LogP contribution in [0.2, 0.25) is 0 Å². The third kappa shape index (κ3) is 4.93. The van der Waals surface area contributed by atoms with E-state index in [9.17, 15) is 13.2 Å². The highest BCUT2D eigenvalue weighted by molar-refractivity contribution is 7.91. The first-order valence-electron chi connectivity index (χ1n) is 7.84. The third-order valence-corrected chi connectivity index (χ3v) is 5.86. The van der Waals surface area contributed by atoms with Crippen LogP contribution < -0.4 is 5.32 Å². The van der Waals surface area contributed by atoms with E-state index in [2.05, 4.69) is 5.32 Å². The molecule has 1 amide bonds. The van der Waals surface area contributed by atoms with Crippen LogP contribution >= 0.6 is 0 Å². The molecular formula is C14H26N2O4S. The number of hydrogen-bond donors (Lipinski definition) is 1. The second-order valence-electron chi connectivity index (χ2n) is 5.91. The highest BCUT2D eigenvalue weighted by Crippen LogP contribution is 2.18. The highest BCUT2D eigenvalue weighted by atomic mass is 32.2. The first-order valence-corrected chi connectivity index (χ1v) is 9.66. The average molecular weight is 318 g/mol. The van der Waals surface area contributed by atoms with Crippen LogP contribution in [0.3, 0.4) is 0 Å². The van der Waals surface area contributed by atoms with E-state index >= 15 is 0 Å². The Morgan fingerprint density at radius 3 is 2.76 bits per heavy atom. The summed E-state index contributed by atoms with van der Waals surface area (Å²) in [6, 6.07) is -0.146. The predicted molar refractivity (Wildman–Crippen MR) is 80.9 cm³/mol. The van der Waals surface area contributed by atoms with E-state index in [1.165, 1.54) is 0 Å². The van der Waals surface area contributed by atoms with E-state index in [4.69, 9.17) is 4.74 Å². The Bertz CT molecular complexity index is 446. The zero-order valence-corrected chi connectivity index (χ0v) is 13.5. The molecule has 2 fully saturated rings. The fraction of sp³-hybridized carbons (Fsp3) is 0.929. The number of hydrogen-bond acceptors (Lipinski definition) is 5. The molecular weight excluding hydrogens is 292 g/mol. The number of carbonyl (C=O) groups is 1. The lowest BCUT2D eigenvalue weighted by atomic mass is 10.2. The van der Waals surface area contributed by atoms with Gasteiger partial charge in [-0.2, -0.15) is 0 Å². The summed E-state index contributed by atoms with van der Waals surface area (Å²) in [4.78, 5) is 14.1. The van der Waals surface area contributed by atoms with Crippen LogP contribution in [0.5, 0.6) is 0 Å². The molecule has 2 rings (SSSR count). The highest BCUT2D eigenvalue weighted by Gasteiger charge is 2.34. The lowest BCUT2D eigenvalue weighted by Crippen LogP contribution is -2.46. The number of rotatable bonds is 7. The van der Waals surface area contributed by atoms with Gasteiger partial charge in [0, 0.05) is 25.7 Å². The van der Waals surface area contributed by atoms with Gasteiger partial charge < -0.3 is 15.0 Å². The largest absolute Gasteiger partial charge is 0.377 e. The molecule has 0 aliphatic carbocycles. The number of sulfone groups is 1. The average Bonchev–Trinajstić information content (AvgIpc) is 3.05. The molecule has 2 heterocycles. The van der Waals surface area contributed by atoms with Crippen LogP contribution in [0.4, 0.5) is 0 Å². The number of ether oxygens (including phenoxy) is 1. The monoisotopic (exact) mass is 318 g/mol. The van der Waals surface area contributed by atoms with Crippen LogP contribution in [0.25, 0.3) is 0 Å². The van der Waals surface area contributed by atoms with E-state index in [0.29, 0.717) is 19.5 Å². The Hall–Kier alpha value is -0.660. The van der Waals surface area contributed by atoms with Crippen molar-refractivity contribution in [2.24, 2.45) is 0 Å². The number of amides is 1. The van der Waals surface area contributed by atoms with Crippen LogP contribution in [0.1, 0.15) is 32.6 Å². The Morgan fingerprint density at radius 1 is 1.38 bits per heavy atom. The summed E-state index contributed by atoms with van der Waals surface area (Å²) >= 11 is 0. The summed E-state index contributed by atoms with van der Waals surface area (Å²) in [7, 11) is -2.96. The van der Waals surface area contributed by atoms with Gasteiger partial charge in [0.1, 0.15) is 0 Å². The van der Waals surface area contributed by atoms with Gasteiger partial charge in [-0.15, -0.1) is 0 Å². The zero-order chi connectivity index (χ0) is 15.3. The molecule has 0 aromatic heterocycles. The SMILES string of the molecule is CCCN(C(=O)CNCC1CCCO1)C1CCS(=O)(=O)C1. The van der Waals surface area contributed by atoms with Gasteiger partial charge in [-0.05, 0) is 25.7 Å². The van der Waals surface area contributed by atoms with E-state index < -0.39 is 9.84 Å². The van der Waals surface area contributed by atoms with Crippen LogP contribution in [0, 0.1) is 0 Å². The maximum atomic E-state index is 12.3. The summed E-state index contributed by atoms with van der Waals surface area (Å²) in [6.45, 7) is 4.39. The quantitative estimate of drug-likeness (QED) is 0.725. The molecule has 2 aliphatic rings. The molecule has 0 spiro atoms. The summed E-state index contributed by atoms with van der Waals surface area (Å²) < 4.78 is 28.7. The van der Waals surface area contributed by atoms with Crippen LogP contribution in [0.15, 0.2) is 0 Å². The Labute approximate surface area is 127 Å². The molecule has 6 nitrogen and oxygen atoms in total. The molecule has 2 unspecified atom stereocenters. The van der Waals surface area contributed by atoms with Crippen molar-refractivity contribution in [1.82, 2.24) is 10.2 Å². The number of nitrogens with zero attached hydrogens (tertiary/aromatic N) is 1. The standard InChI is InChI=1S/C14H26N2O4S/c1-2-6-16(12-5-8-21(18,19)11-12)14(17)10-15-9-13-4-3-7-20-13/h12-13,15H,2-11H2,1H3. The van der Waals surface area contributed by atoms with Crippen LogP contribution in [-0.2, 0) is 19.4 Å². The summed E-state index contributed by atoms with van der Waals surface area (Å²) in [5.74, 6) is 0.316. The van der Waals surface area contributed by atoms with Gasteiger partial charge in [0.15, 0.2) is 9.84 Å². The first kappa shape index (κ1) is 16.7. The van der Waals surface area contributed by atoms with Gasteiger partial charge in [0.2, 0.25) is 5.91 Å². The van der Waals surface area contributed by atoms with Crippen molar-refractivity contribution >= 4 is 15.7 Å². The maximum Gasteiger partial charge on any atom is 0.236 e. The van der Waals surface area contributed by atoms with Crippen molar-refractivity contribution in [1.29, 1.82) is 0 Å². The normalized spacial score (nSPS) is 27.9. The summed E-state index contributed by atoms with van der Waals surface area (Å²) in [5, 5.41) is 3.14. The Balaban J connectivity index is 1.81. The molecule has 2 atom stereocenters. The van der Waals surface area contributed by atoms with Crippen LogP contribution in [-0.4, -0.2) is 69.1 Å². The molecule has 0 saturated carbocycles. The lowest BCUT2D eigenvalue weighted by molar-refractivity contribution is -0.132. The van der Waals surface area contributed by atoms with Gasteiger partial charge in [0.05, 0.1) is 24.2 Å². The molecule has 0 radical (unpaired) electrons. The molecule has 7 heteroatoms. The van der Waals surface area contributed by atoms with Gasteiger partial charge in [-0.3, -0.25) is 4.79 Å². The van der Waals surface area contributed by atoms with Crippen molar-refractivity contribution in [2.45, 2.75) is 44.8 Å².